The van der Waals surface area contributed by atoms with E-state index >= 15 is 0 Å². The Balaban J connectivity index is 1.72. The van der Waals surface area contributed by atoms with Gasteiger partial charge in [0.1, 0.15) is 0 Å². The fourth-order valence-corrected chi connectivity index (χ4v) is 2.28. The maximum Gasteiger partial charge on any atom is 0.307 e. The van der Waals surface area contributed by atoms with Crippen LogP contribution in [0.3, 0.4) is 0 Å². The van der Waals surface area contributed by atoms with Gasteiger partial charge in [0.15, 0.2) is 0 Å². The van der Waals surface area contributed by atoms with E-state index in [4.69, 9.17) is 4.74 Å². The maximum absolute atomic E-state index is 11.2. The van der Waals surface area contributed by atoms with Crippen LogP contribution in [0.25, 0.3) is 11.1 Å². The average molecular weight is 297 g/mol. The molecule has 3 heteroatoms. The van der Waals surface area contributed by atoms with Crippen LogP contribution in [0.15, 0.2) is 54.6 Å². The topological polar surface area (TPSA) is 38.3 Å². The quantitative estimate of drug-likeness (QED) is 0.599. The lowest BCUT2D eigenvalue weighted by Gasteiger charge is -2.06. The van der Waals surface area contributed by atoms with Crippen molar-refractivity contribution < 1.29 is 9.53 Å². The van der Waals surface area contributed by atoms with E-state index in [1.807, 2.05) is 13.0 Å². The van der Waals surface area contributed by atoms with Crippen LogP contribution in [0.4, 0.5) is 0 Å². The van der Waals surface area contributed by atoms with Crippen molar-refractivity contribution in [2.75, 3.05) is 19.7 Å². The van der Waals surface area contributed by atoms with Crippen molar-refractivity contribution >= 4 is 5.97 Å². The van der Waals surface area contributed by atoms with Gasteiger partial charge in [-0.1, -0.05) is 54.6 Å². The summed E-state index contributed by atoms with van der Waals surface area (Å²) in [5, 5.41) is 3.27. The molecular formula is C19H23NO2. The van der Waals surface area contributed by atoms with Crippen molar-refractivity contribution in [3.8, 4) is 11.1 Å². The lowest BCUT2D eigenvalue weighted by Crippen LogP contribution is -2.21. The van der Waals surface area contributed by atoms with Crippen LogP contribution in [0.5, 0.6) is 0 Å². The average Bonchev–Trinajstić information content (AvgIpc) is 2.56. The molecule has 22 heavy (non-hydrogen) atoms. The number of rotatable bonds is 8. The van der Waals surface area contributed by atoms with Gasteiger partial charge < -0.3 is 10.1 Å². The minimum atomic E-state index is -0.137. The summed E-state index contributed by atoms with van der Waals surface area (Å²) < 4.78 is 4.88. The lowest BCUT2D eigenvalue weighted by molar-refractivity contribution is -0.142. The van der Waals surface area contributed by atoms with E-state index in [1.165, 1.54) is 16.7 Å². The maximum atomic E-state index is 11.2. The van der Waals surface area contributed by atoms with Crippen LogP contribution in [-0.4, -0.2) is 25.7 Å². The molecule has 0 aliphatic carbocycles. The molecule has 2 aromatic rings. The first-order valence-corrected chi connectivity index (χ1v) is 7.80. The molecule has 0 heterocycles. The molecule has 0 bridgehead atoms. The first kappa shape index (κ1) is 16.2. The molecule has 0 amide bonds. The lowest BCUT2D eigenvalue weighted by atomic mass is 10.0. The summed E-state index contributed by atoms with van der Waals surface area (Å²) in [6.07, 6.45) is 1.39. The summed E-state index contributed by atoms with van der Waals surface area (Å²) in [7, 11) is 0. The van der Waals surface area contributed by atoms with Gasteiger partial charge in [-0.05, 0) is 36.6 Å². The Morgan fingerprint density at radius 2 is 1.64 bits per heavy atom. The fraction of sp³-hybridized carbons (Fsp3) is 0.316. The zero-order valence-electron chi connectivity index (χ0n) is 13.0. The van der Waals surface area contributed by atoms with E-state index in [1.54, 1.807) is 0 Å². The largest absolute Gasteiger partial charge is 0.466 e. The minimum absolute atomic E-state index is 0.137. The van der Waals surface area contributed by atoms with Crippen LogP contribution in [0.1, 0.15) is 18.9 Å². The van der Waals surface area contributed by atoms with Gasteiger partial charge in [-0.15, -0.1) is 0 Å². The number of benzene rings is 2. The number of hydrogen-bond donors (Lipinski definition) is 1. The van der Waals surface area contributed by atoms with Crippen molar-refractivity contribution in [3.63, 3.8) is 0 Å². The normalized spacial score (nSPS) is 10.4. The number of nitrogens with one attached hydrogen (secondary N) is 1. The van der Waals surface area contributed by atoms with E-state index in [2.05, 4.69) is 53.8 Å². The molecule has 2 rings (SSSR count). The van der Waals surface area contributed by atoms with Gasteiger partial charge in [0.05, 0.1) is 13.0 Å². The van der Waals surface area contributed by atoms with Crippen LogP contribution in [0, 0.1) is 0 Å². The van der Waals surface area contributed by atoms with Crippen LogP contribution < -0.4 is 5.32 Å². The minimum Gasteiger partial charge on any atom is -0.466 e. The highest BCUT2D eigenvalue weighted by molar-refractivity contribution is 5.69. The second-order valence-electron chi connectivity index (χ2n) is 5.12. The Hall–Kier alpha value is -2.13. The third-order valence-electron chi connectivity index (χ3n) is 3.46. The van der Waals surface area contributed by atoms with E-state index in [0.717, 1.165) is 13.0 Å². The molecule has 0 saturated heterocycles. The Morgan fingerprint density at radius 3 is 2.32 bits per heavy atom. The zero-order valence-corrected chi connectivity index (χ0v) is 13.0. The van der Waals surface area contributed by atoms with Crippen LogP contribution >= 0.6 is 0 Å². The second-order valence-corrected chi connectivity index (χ2v) is 5.12. The number of ether oxygens (including phenoxy) is 1. The molecular weight excluding hydrogens is 274 g/mol. The summed E-state index contributed by atoms with van der Waals surface area (Å²) >= 11 is 0. The number of carbonyl (C=O) groups excluding carboxylic acids is 1. The highest BCUT2D eigenvalue weighted by atomic mass is 16.5. The van der Waals surface area contributed by atoms with Crippen molar-refractivity contribution in [1.29, 1.82) is 0 Å². The van der Waals surface area contributed by atoms with E-state index in [9.17, 15) is 4.79 Å². The van der Waals surface area contributed by atoms with Gasteiger partial charge in [-0.2, -0.15) is 0 Å². The zero-order chi connectivity index (χ0) is 15.6. The molecule has 0 aromatic heterocycles. The van der Waals surface area contributed by atoms with Crippen molar-refractivity contribution in [2.24, 2.45) is 0 Å². The molecule has 0 spiro atoms. The molecule has 0 radical (unpaired) electrons. The predicted molar refractivity (Wildman–Crippen MR) is 89.7 cm³/mol. The third kappa shape index (κ3) is 5.34. The van der Waals surface area contributed by atoms with Gasteiger partial charge in [0, 0.05) is 6.54 Å². The Bertz CT molecular complexity index is 564. The standard InChI is InChI=1S/C19H23NO2/c1-2-22-19(21)13-15-20-14-12-16-8-10-18(11-9-16)17-6-4-3-5-7-17/h3-11,20H,2,12-15H2,1H3. The van der Waals surface area contributed by atoms with Crippen molar-refractivity contribution in [1.82, 2.24) is 5.32 Å². The Kier molecular flexibility index (Phi) is 6.65. The highest BCUT2D eigenvalue weighted by Gasteiger charge is 2.01. The molecule has 116 valence electrons. The van der Waals surface area contributed by atoms with Crippen LogP contribution in [-0.2, 0) is 16.0 Å². The van der Waals surface area contributed by atoms with E-state index < -0.39 is 0 Å². The molecule has 1 N–H and O–H groups in total. The van der Waals surface area contributed by atoms with E-state index in [0.29, 0.717) is 19.6 Å². The first-order chi connectivity index (χ1) is 10.8. The number of hydrogen-bond acceptors (Lipinski definition) is 3. The predicted octanol–water partition coefficient (Wildman–Crippen LogP) is 3.44. The molecule has 2 aromatic carbocycles. The number of esters is 1. The molecule has 0 atom stereocenters. The summed E-state index contributed by atoms with van der Waals surface area (Å²) in [4.78, 5) is 11.2. The SMILES string of the molecule is CCOC(=O)CCNCCc1ccc(-c2ccccc2)cc1. The van der Waals surface area contributed by atoms with Gasteiger partial charge in [0.2, 0.25) is 0 Å². The van der Waals surface area contributed by atoms with Crippen molar-refractivity contribution in [2.45, 2.75) is 19.8 Å². The molecule has 0 fully saturated rings. The van der Waals surface area contributed by atoms with Gasteiger partial charge in [-0.3, -0.25) is 4.79 Å². The molecule has 0 unspecified atom stereocenters. The van der Waals surface area contributed by atoms with Gasteiger partial charge in [0.25, 0.3) is 0 Å². The van der Waals surface area contributed by atoms with Gasteiger partial charge >= 0.3 is 5.97 Å². The third-order valence-corrected chi connectivity index (χ3v) is 3.46. The van der Waals surface area contributed by atoms with Crippen molar-refractivity contribution in [3.05, 3.63) is 60.2 Å². The molecule has 0 saturated carbocycles. The second kappa shape index (κ2) is 9.00. The first-order valence-electron chi connectivity index (χ1n) is 7.80. The number of carbonyl (C=O) groups is 1. The fourth-order valence-electron chi connectivity index (χ4n) is 2.28. The summed E-state index contributed by atoms with van der Waals surface area (Å²) in [5.41, 5.74) is 3.77. The monoisotopic (exact) mass is 297 g/mol. The summed E-state index contributed by atoms with van der Waals surface area (Å²) in [5.74, 6) is -0.137. The Labute approximate surface area is 132 Å². The van der Waals surface area contributed by atoms with Gasteiger partial charge in [-0.25, -0.2) is 0 Å². The summed E-state index contributed by atoms with van der Waals surface area (Å²) in [6.45, 7) is 3.81. The molecule has 0 aliphatic heterocycles. The Morgan fingerprint density at radius 1 is 0.955 bits per heavy atom. The van der Waals surface area contributed by atoms with Crippen LogP contribution in [0.2, 0.25) is 0 Å². The highest BCUT2D eigenvalue weighted by Crippen LogP contribution is 2.19. The van der Waals surface area contributed by atoms with E-state index in [-0.39, 0.29) is 5.97 Å². The summed E-state index contributed by atoms with van der Waals surface area (Å²) in [6, 6.07) is 19.0. The molecule has 3 nitrogen and oxygen atoms in total. The smallest absolute Gasteiger partial charge is 0.307 e. The molecule has 0 aliphatic rings.